The van der Waals surface area contributed by atoms with Crippen LogP contribution in [-0.4, -0.2) is 40.9 Å². The van der Waals surface area contributed by atoms with Crippen LogP contribution in [0.4, 0.5) is 0 Å². The lowest BCUT2D eigenvalue weighted by Gasteiger charge is -2.17. The number of thiophene rings is 1. The molecule has 1 atom stereocenters. The number of aromatic nitrogens is 2. The second-order valence-electron chi connectivity index (χ2n) is 7.53. The van der Waals surface area contributed by atoms with Gasteiger partial charge in [-0.2, -0.15) is 0 Å². The van der Waals surface area contributed by atoms with Crippen LogP contribution in [-0.2, 0) is 6.54 Å². The summed E-state index contributed by atoms with van der Waals surface area (Å²) in [6, 6.07) is 14.6. The van der Waals surface area contributed by atoms with Crippen molar-refractivity contribution in [2.24, 2.45) is 0 Å². The molecule has 1 amide bonds. The summed E-state index contributed by atoms with van der Waals surface area (Å²) in [7, 11) is 1.69. The molecule has 0 saturated carbocycles. The lowest BCUT2D eigenvalue weighted by Crippen LogP contribution is -2.21. The fourth-order valence-electron chi connectivity index (χ4n) is 4.33. The zero-order valence-electron chi connectivity index (χ0n) is 16.3. The van der Waals surface area contributed by atoms with Gasteiger partial charge in [-0.3, -0.25) is 14.7 Å². The van der Waals surface area contributed by atoms with Crippen molar-refractivity contribution in [1.82, 2.24) is 20.2 Å². The average Bonchev–Trinajstić information content (AvgIpc) is 3.37. The number of carbonyl (C=O) groups is 1. The predicted molar refractivity (Wildman–Crippen MR) is 117 cm³/mol. The highest BCUT2D eigenvalue weighted by Gasteiger charge is 2.30. The molecule has 4 heterocycles. The van der Waals surface area contributed by atoms with Gasteiger partial charge in [0, 0.05) is 49.2 Å². The van der Waals surface area contributed by atoms with Gasteiger partial charge in [-0.05, 0) is 48.4 Å². The molecule has 0 unspecified atom stereocenters. The lowest BCUT2D eigenvalue weighted by molar-refractivity contribution is 0.0966. The topological polar surface area (TPSA) is 58.1 Å². The van der Waals surface area contributed by atoms with Crippen molar-refractivity contribution in [3.05, 3.63) is 70.9 Å². The Kier molecular flexibility index (Phi) is 4.73. The summed E-state index contributed by atoms with van der Waals surface area (Å²) in [4.78, 5) is 25.6. The Morgan fingerprint density at radius 3 is 2.97 bits per heavy atom. The number of hydrogen-bond donors (Lipinski definition) is 1. The molecule has 1 N–H and O–H groups in total. The third-order valence-corrected chi connectivity index (χ3v) is 6.82. The van der Waals surface area contributed by atoms with Crippen molar-refractivity contribution in [3.63, 3.8) is 0 Å². The number of amides is 1. The highest BCUT2D eigenvalue weighted by molar-refractivity contribution is 7.20. The number of rotatable bonds is 4. The van der Waals surface area contributed by atoms with E-state index < -0.39 is 0 Å². The summed E-state index contributed by atoms with van der Waals surface area (Å²) in [5.74, 6) is 0.339. The number of benzene rings is 1. The summed E-state index contributed by atoms with van der Waals surface area (Å²) in [5.41, 5.74) is 3.50. The number of fused-ring (bicyclic) bond motifs is 2. The zero-order chi connectivity index (χ0) is 19.8. The average molecular weight is 403 g/mol. The molecule has 3 aromatic heterocycles. The van der Waals surface area contributed by atoms with E-state index in [2.05, 4.69) is 50.5 Å². The first-order valence-corrected chi connectivity index (χ1v) is 10.7. The van der Waals surface area contributed by atoms with Crippen molar-refractivity contribution in [2.75, 3.05) is 20.1 Å². The van der Waals surface area contributed by atoms with Crippen molar-refractivity contribution in [3.8, 4) is 0 Å². The molecule has 1 aliphatic rings. The van der Waals surface area contributed by atoms with Crippen molar-refractivity contribution >= 4 is 38.4 Å². The van der Waals surface area contributed by atoms with Crippen LogP contribution < -0.4 is 5.32 Å². The van der Waals surface area contributed by atoms with Gasteiger partial charge < -0.3 is 5.32 Å². The van der Waals surface area contributed by atoms with E-state index in [4.69, 9.17) is 0 Å². The van der Waals surface area contributed by atoms with E-state index in [-0.39, 0.29) is 5.91 Å². The Morgan fingerprint density at radius 1 is 1.21 bits per heavy atom. The van der Waals surface area contributed by atoms with Crippen LogP contribution in [0.15, 0.2) is 54.9 Å². The summed E-state index contributed by atoms with van der Waals surface area (Å²) in [6.07, 6.45) is 4.68. The minimum atomic E-state index is -0.0107. The SMILES string of the molecule is CNC(=O)c1sc2ncccc2c1[C@H]1CCN(Cc2ccc3ncccc3c2)C1. The summed E-state index contributed by atoms with van der Waals surface area (Å²) in [6.45, 7) is 2.90. The Labute approximate surface area is 173 Å². The van der Waals surface area contributed by atoms with Gasteiger partial charge in [0.15, 0.2) is 0 Å². The number of nitrogens with zero attached hydrogens (tertiary/aromatic N) is 3. The highest BCUT2D eigenvalue weighted by atomic mass is 32.1. The van der Waals surface area contributed by atoms with Gasteiger partial charge in [0.2, 0.25) is 0 Å². The second kappa shape index (κ2) is 7.54. The number of pyridine rings is 2. The molecule has 29 heavy (non-hydrogen) atoms. The summed E-state index contributed by atoms with van der Waals surface area (Å²) >= 11 is 1.50. The first kappa shape index (κ1) is 18.2. The highest BCUT2D eigenvalue weighted by Crippen LogP contribution is 2.39. The Balaban J connectivity index is 1.41. The van der Waals surface area contributed by atoms with Gasteiger partial charge in [0.25, 0.3) is 5.91 Å². The molecule has 1 aliphatic heterocycles. The number of likely N-dealkylation sites (tertiary alicyclic amines) is 1. The molecule has 4 aromatic rings. The normalized spacial score (nSPS) is 17.2. The van der Waals surface area contributed by atoms with Crippen LogP contribution in [0.5, 0.6) is 0 Å². The Hall–Kier alpha value is -2.83. The van der Waals surface area contributed by atoms with Crippen LogP contribution in [0.25, 0.3) is 21.1 Å². The van der Waals surface area contributed by atoms with E-state index in [1.54, 1.807) is 13.2 Å². The predicted octanol–water partition coefficient (Wildman–Crippen LogP) is 4.19. The van der Waals surface area contributed by atoms with Crippen LogP contribution in [0.3, 0.4) is 0 Å². The van der Waals surface area contributed by atoms with E-state index >= 15 is 0 Å². The van der Waals surface area contributed by atoms with Gasteiger partial charge in [-0.15, -0.1) is 11.3 Å². The molecule has 0 aliphatic carbocycles. The van der Waals surface area contributed by atoms with Gasteiger partial charge >= 0.3 is 0 Å². The fraction of sp³-hybridized carbons (Fsp3) is 0.261. The van der Waals surface area contributed by atoms with E-state index in [1.165, 1.54) is 27.8 Å². The van der Waals surface area contributed by atoms with Gasteiger partial charge in [-0.25, -0.2) is 4.98 Å². The van der Waals surface area contributed by atoms with E-state index in [9.17, 15) is 4.79 Å². The third kappa shape index (κ3) is 3.39. The molecule has 6 heteroatoms. The summed E-state index contributed by atoms with van der Waals surface area (Å²) < 4.78 is 0. The monoisotopic (exact) mass is 402 g/mol. The molecule has 0 radical (unpaired) electrons. The van der Waals surface area contributed by atoms with E-state index in [0.717, 1.165) is 46.7 Å². The molecule has 0 spiro atoms. The van der Waals surface area contributed by atoms with Crippen LogP contribution >= 0.6 is 11.3 Å². The molecule has 1 saturated heterocycles. The number of nitrogens with one attached hydrogen (secondary N) is 1. The lowest BCUT2D eigenvalue weighted by atomic mass is 9.95. The molecule has 1 fully saturated rings. The molecule has 5 rings (SSSR count). The maximum Gasteiger partial charge on any atom is 0.261 e. The van der Waals surface area contributed by atoms with Crippen molar-refractivity contribution in [1.29, 1.82) is 0 Å². The smallest absolute Gasteiger partial charge is 0.261 e. The third-order valence-electron chi connectivity index (χ3n) is 5.69. The largest absolute Gasteiger partial charge is 0.354 e. The van der Waals surface area contributed by atoms with Crippen molar-refractivity contribution < 1.29 is 4.79 Å². The van der Waals surface area contributed by atoms with Crippen molar-refractivity contribution in [2.45, 2.75) is 18.9 Å². The van der Waals surface area contributed by atoms with Crippen LogP contribution in [0.2, 0.25) is 0 Å². The molecule has 146 valence electrons. The number of carbonyl (C=O) groups excluding carboxylic acids is 1. The standard InChI is InChI=1S/C23H22N4OS/c1-24-22(28)21-20(18-5-3-10-26-23(18)29-21)17-8-11-27(14-17)13-15-6-7-19-16(12-15)4-2-9-25-19/h2-7,9-10,12,17H,8,11,13-14H2,1H3,(H,24,28)/t17-/m0/s1. The van der Waals surface area contributed by atoms with E-state index in [1.807, 2.05) is 18.3 Å². The molecule has 0 bridgehead atoms. The minimum absolute atomic E-state index is 0.0107. The maximum absolute atomic E-state index is 12.5. The summed E-state index contributed by atoms with van der Waals surface area (Å²) in [5, 5.41) is 5.10. The Morgan fingerprint density at radius 2 is 2.07 bits per heavy atom. The molecular weight excluding hydrogens is 380 g/mol. The number of hydrogen-bond acceptors (Lipinski definition) is 5. The zero-order valence-corrected chi connectivity index (χ0v) is 17.1. The maximum atomic E-state index is 12.5. The first-order valence-electron chi connectivity index (χ1n) is 9.88. The van der Waals surface area contributed by atoms with Gasteiger partial charge in [-0.1, -0.05) is 18.2 Å². The Bertz CT molecular complexity index is 1200. The first-order chi connectivity index (χ1) is 14.2. The minimum Gasteiger partial charge on any atom is -0.354 e. The molecule has 1 aromatic carbocycles. The van der Waals surface area contributed by atoms with E-state index in [0.29, 0.717) is 5.92 Å². The fourth-order valence-corrected chi connectivity index (χ4v) is 5.51. The molecular formula is C23H22N4OS. The molecule has 5 nitrogen and oxygen atoms in total. The van der Waals surface area contributed by atoms with Gasteiger partial charge in [0.05, 0.1) is 10.4 Å². The van der Waals surface area contributed by atoms with Gasteiger partial charge in [0.1, 0.15) is 4.83 Å². The second-order valence-corrected chi connectivity index (χ2v) is 8.53. The van der Waals surface area contributed by atoms with Crippen LogP contribution in [0.1, 0.15) is 33.1 Å². The van der Waals surface area contributed by atoms with Crippen LogP contribution in [0, 0.1) is 0 Å². The quantitative estimate of drug-likeness (QED) is 0.556.